The zero-order valence-electron chi connectivity index (χ0n) is 14.1. The van der Waals surface area contributed by atoms with Crippen molar-refractivity contribution in [1.29, 1.82) is 5.26 Å². The first kappa shape index (κ1) is 18.3. The summed E-state index contributed by atoms with van der Waals surface area (Å²) in [5, 5.41) is 9.00. The van der Waals surface area contributed by atoms with Crippen LogP contribution in [-0.4, -0.2) is 25.4 Å². The number of hydrogen-bond acceptors (Lipinski definition) is 6. The Hall–Kier alpha value is -3.51. The van der Waals surface area contributed by atoms with Crippen LogP contribution in [0.15, 0.2) is 65.8 Å². The predicted octanol–water partition coefficient (Wildman–Crippen LogP) is 3.10. The second-order valence-corrected chi connectivity index (χ2v) is 7.31. The van der Waals surface area contributed by atoms with Gasteiger partial charge in [0.2, 0.25) is 5.69 Å². The number of nitrogens with zero attached hydrogens (tertiary/aromatic N) is 4. The van der Waals surface area contributed by atoms with Crippen LogP contribution in [0.3, 0.4) is 0 Å². The number of halogens is 1. The monoisotopic (exact) mass is 384 g/mol. The van der Waals surface area contributed by atoms with Crippen LogP contribution in [-0.2, 0) is 10.0 Å². The summed E-state index contributed by atoms with van der Waals surface area (Å²) in [6, 6.07) is 12.6. The highest BCUT2D eigenvalue weighted by molar-refractivity contribution is 7.92. The van der Waals surface area contributed by atoms with Gasteiger partial charge in [-0.15, -0.1) is 0 Å². The molecule has 0 atom stereocenters. The molecule has 136 valence electrons. The van der Waals surface area contributed by atoms with Crippen LogP contribution in [0.4, 0.5) is 10.1 Å². The normalized spacial score (nSPS) is 10.9. The van der Waals surface area contributed by atoms with E-state index in [4.69, 9.17) is 10.00 Å². The predicted molar refractivity (Wildman–Crippen MR) is 95.3 cm³/mol. The molecule has 1 aromatic heterocycles. The third kappa shape index (κ3) is 3.86. The lowest BCUT2D eigenvalue weighted by Crippen LogP contribution is -2.26. The van der Waals surface area contributed by atoms with E-state index < -0.39 is 15.8 Å². The van der Waals surface area contributed by atoms with Gasteiger partial charge in [-0.2, -0.15) is 5.26 Å². The molecule has 7 nitrogen and oxygen atoms in total. The Morgan fingerprint density at radius 3 is 2.30 bits per heavy atom. The number of sulfonamides is 1. The highest BCUT2D eigenvalue weighted by Crippen LogP contribution is 2.27. The second kappa shape index (κ2) is 7.39. The Morgan fingerprint density at radius 1 is 1.04 bits per heavy atom. The van der Waals surface area contributed by atoms with Gasteiger partial charge in [0.15, 0.2) is 0 Å². The van der Waals surface area contributed by atoms with Crippen molar-refractivity contribution >= 4 is 15.7 Å². The molecule has 0 aliphatic heterocycles. The van der Waals surface area contributed by atoms with Crippen molar-refractivity contribution in [3.63, 3.8) is 0 Å². The number of benzene rings is 2. The van der Waals surface area contributed by atoms with Crippen molar-refractivity contribution in [2.75, 3.05) is 11.4 Å². The van der Waals surface area contributed by atoms with Crippen LogP contribution in [0, 0.1) is 17.1 Å². The average Bonchev–Trinajstić information content (AvgIpc) is 2.69. The van der Waals surface area contributed by atoms with Gasteiger partial charge in [0.05, 0.1) is 10.6 Å². The molecule has 27 heavy (non-hydrogen) atoms. The SMILES string of the molecule is CN(c1ccc(Oc2nccnc2C#N)cc1)S(=O)(=O)c1ccc(F)cc1. The molecular formula is C18H13FN4O3S. The van der Waals surface area contributed by atoms with Gasteiger partial charge in [0.25, 0.3) is 15.9 Å². The van der Waals surface area contributed by atoms with Gasteiger partial charge < -0.3 is 4.74 Å². The van der Waals surface area contributed by atoms with Crippen molar-refractivity contribution in [2.24, 2.45) is 0 Å². The van der Waals surface area contributed by atoms with E-state index in [1.165, 1.54) is 31.6 Å². The zero-order valence-corrected chi connectivity index (χ0v) is 14.9. The molecular weight excluding hydrogens is 371 g/mol. The molecule has 0 fully saturated rings. The number of anilines is 1. The molecule has 9 heteroatoms. The molecule has 0 aliphatic carbocycles. The maximum Gasteiger partial charge on any atom is 0.264 e. The Morgan fingerprint density at radius 2 is 1.67 bits per heavy atom. The minimum atomic E-state index is -3.83. The summed E-state index contributed by atoms with van der Waals surface area (Å²) in [7, 11) is -2.44. The fourth-order valence-corrected chi connectivity index (χ4v) is 3.41. The van der Waals surface area contributed by atoms with Crippen LogP contribution < -0.4 is 9.04 Å². The number of nitriles is 1. The van der Waals surface area contributed by atoms with E-state index in [0.29, 0.717) is 11.4 Å². The van der Waals surface area contributed by atoms with Crippen molar-refractivity contribution in [3.8, 4) is 17.7 Å². The minimum Gasteiger partial charge on any atom is -0.436 e. The van der Waals surface area contributed by atoms with E-state index in [-0.39, 0.29) is 16.5 Å². The fourth-order valence-electron chi connectivity index (χ4n) is 2.22. The molecule has 0 radical (unpaired) electrons. The minimum absolute atomic E-state index is 0.0232. The smallest absolute Gasteiger partial charge is 0.264 e. The molecule has 0 unspecified atom stereocenters. The van der Waals surface area contributed by atoms with E-state index in [1.807, 2.05) is 6.07 Å². The number of aromatic nitrogens is 2. The van der Waals surface area contributed by atoms with Crippen molar-refractivity contribution in [2.45, 2.75) is 4.90 Å². The highest BCUT2D eigenvalue weighted by atomic mass is 32.2. The van der Waals surface area contributed by atoms with Crippen LogP contribution in [0.5, 0.6) is 11.6 Å². The molecule has 0 aliphatic rings. The van der Waals surface area contributed by atoms with Gasteiger partial charge in [-0.25, -0.2) is 22.8 Å². The van der Waals surface area contributed by atoms with E-state index >= 15 is 0 Å². The Labute approximate surface area is 155 Å². The zero-order chi connectivity index (χ0) is 19.4. The first-order valence-electron chi connectivity index (χ1n) is 7.65. The molecule has 0 bridgehead atoms. The Kier molecular flexibility index (Phi) is 5.00. The molecule has 0 saturated heterocycles. The summed E-state index contributed by atoms with van der Waals surface area (Å²) in [5.41, 5.74) is 0.420. The van der Waals surface area contributed by atoms with Crippen molar-refractivity contribution < 1.29 is 17.5 Å². The summed E-state index contributed by atoms with van der Waals surface area (Å²) in [6.45, 7) is 0. The van der Waals surface area contributed by atoms with Gasteiger partial charge in [-0.3, -0.25) is 4.31 Å². The standard InChI is InChI=1S/C18H13FN4O3S/c1-23(27(24,25)16-8-2-13(19)3-9-16)14-4-6-15(7-5-14)26-18-17(12-20)21-10-11-22-18/h2-11H,1H3. The number of hydrogen-bond donors (Lipinski definition) is 0. The van der Waals surface area contributed by atoms with Gasteiger partial charge in [0.1, 0.15) is 17.6 Å². The second-order valence-electron chi connectivity index (χ2n) is 5.34. The summed E-state index contributed by atoms with van der Waals surface area (Å²) >= 11 is 0. The van der Waals surface area contributed by atoms with E-state index in [1.54, 1.807) is 24.3 Å². The first-order chi connectivity index (χ1) is 12.9. The highest BCUT2D eigenvalue weighted by Gasteiger charge is 2.21. The lowest BCUT2D eigenvalue weighted by Gasteiger charge is -2.19. The maximum atomic E-state index is 13.0. The van der Waals surface area contributed by atoms with E-state index in [9.17, 15) is 12.8 Å². The van der Waals surface area contributed by atoms with Crippen LogP contribution in [0.25, 0.3) is 0 Å². The fraction of sp³-hybridized carbons (Fsp3) is 0.0556. The number of rotatable bonds is 5. The molecule has 3 rings (SSSR count). The molecule has 2 aromatic carbocycles. The summed E-state index contributed by atoms with van der Waals surface area (Å²) in [6.07, 6.45) is 2.78. The van der Waals surface area contributed by atoms with Gasteiger partial charge >= 0.3 is 0 Å². The maximum absolute atomic E-state index is 13.0. The third-order valence-corrected chi connectivity index (χ3v) is 5.46. The first-order valence-corrected chi connectivity index (χ1v) is 9.09. The van der Waals surface area contributed by atoms with E-state index in [2.05, 4.69) is 9.97 Å². The lowest BCUT2D eigenvalue weighted by molar-refractivity contribution is 0.458. The summed E-state index contributed by atoms with van der Waals surface area (Å²) in [5.74, 6) is -0.0952. The van der Waals surface area contributed by atoms with Crippen LogP contribution >= 0.6 is 0 Å². The van der Waals surface area contributed by atoms with Crippen LogP contribution in [0.2, 0.25) is 0 Å². The van der Waals surface area contributed by atoms with Crippen molar-refractivity contribution in [1.82, 2.24) is 9.97 Å². The van der Waals surface area contributed by atoms with Crippen LogP contribution in [0.1, 0.15) is 5.69 Å². The lowest BCUT2D eigenvalue weighted by atomic mass is 10.3. The molecule has 0 saturated carbocycles. The van der Waals surface area contributed by atoms with Gasteiger partial charge in [-0.1, -0.05) is 0 Å². The quantitative estimate of drug-likeness (QED) is 0.671. The third-order valence-electron chi connectivity index (χ3n) is 3.66. The van der Waals surface area contributed by atoms with Gasteiger partial charge in [-0.05, 0) is 48.5 Å². The number of ether oxygens (including phenoxy) is 1. The molecule has 1 heterocycles. The van der Waals surface area contributed by atoms with Gasteiger partial charge in [0, 0.05) is 19.4 Å². The van der Waals surface area contributed by atoms with Crippen molar-refractivity contribution in [3.05, 3.63) is 72.4 Å². The summed E-state index contributed by atoms with van der Waals surface area (Å²) < 4.78 is 44.9. The summed E-state index contributed by atoms with van der Waals surface area (Å²) in [4.78, 5) is 7.77. The average molecular weight is 384 g/mol. The topological polar surface area (TPSA) is 96.2 Å². The molecule has 3 aromatic rings. The molecule has 0 spiro atoms. The Bertz CT molecular complexity index is 1090. The molecule has 0 N–H and O–H groups in total. The Balaban J connectivity index is 1.82. The van der Waals surface area contributed by atoms with E-state index in [0.717, 1.165) is 16.4 Å². The molecule has 0 amide bonds. The largest absolute Gasteiger partial charge is 0.436 e.